The van der Waals surface area contributed by atoms with Crippen LogP contribution in [0.25, 0.3) is 0 Å². The lowest BCUT2D eigenvalue weighted by Gasteiger charge is -2.19. The molecule has 0 saturated carbocycles. The zero-order valence-electron chi connectivity index (χ0n) is 19.0. The van der Waals surface area contributed by atoms with E-state index in [-0.39, 0.29) is 24.0 Å². The molecule has 0 amide bonds. The molecule has 0 aliphatic rings. The first-order chi connectivity index (χ1) is 15.2. The second-order valence-electron chi connectivity index (χ2n) is 7.43. The Morgan fingerprint density at radius 3 is 2.34 bits per heavy atom. The Morgan fingerprint density at radius 1 is 0.938 bits per heavy atom. The third-order valence-corrected chi connectivity index (χ3v) is 5.11. The molecule has 7 heteroatoms. The Kier molecular flexibility index (Phi) is 11.1. The van der Waals surface area contributed by atoms with Crippen molar-refractivity contribution < 1.29 is 9.15 Å². The molecular weight excluding hydrogens is 515 g/mol. The predicted octanol–water partition coefficient (Wildman–Crippen LogP) is 4.45. The summed E-state index contributed by atoms with van der Waals surface area (Å²) in [7, 11) is 5.60. The van der Waals surface area contributed by atoms with Crippen molar-refractivity contribution in [3.05, 3.63) is 89.4 Å². The number of aliphatic imine (C=N–C) groups is 1. The predicted molar refractivity (Wildman–Crippen MR) is 141 cm³/mol. The van der Waals surface area contributed by atoms with Crippen LogP contribution in [0.15, 0.2) is 76.3 Å². The summed E-state index contributed by atoms with van der Waals surface area (Å²) in [5, 5.41) is 6.82. The molecule has 0 aliphatic carbocycles. The molecule has 32 heavy (non-hydrogen) atoms. The van der Waals surface area contributed by atoms with Crippen molar-refractivity contribution in [1.29, 1.82) is 0 Å². The number of para-hydroxylation sites is 1. The largest absolute Gasteiger partial charge is 0.496 e. The van der Waals surface area contributed by atoms with Gasteiger partial charge in [-0.25, -0.2) is 0 Å². The Bertz CT molecular complexity index is 960. The number of rotatable bonds is 10. The van der Waals surface area contributed by atoms with Crippen LogP contribution in [0.5, 0.6) is 5.75 Å². The highest BCUT2D eigenvalue weighted by Crippen LogP contribution is 2.17. The molecular formula is C25H33IN4O2. The second-order valence-corrected chi connectivity index (χ2v) is 7.43. The molecule has 0 bridgehead atoms. The zero-order chi connectivity index (χ0) is 21.9. The van der Waals surface area contributed by atoms with Gasteiger partial charge in [0.15, 0.2) is 5.96 Å². The molecule has 3 aromatic rings. The molecule has 2 aromatic carbocycles. The van der Waals surface area contributed by atoms with E-state index in [0.29, 0.717) is 6.54 Å². The minimum absolute atomic E-state index is 0. The molecule has 0 fully saturated rings. The number of nitrogens with one attached hydrogen (secondary N) is 2. The minimum atomic E-state index is 0. The summed E-state index contributed by atoms with van der Waals surface area (Å²) in [5.74, 6) is 2.67. The van der Waals surface area contributed by atoms with Crippen molar-refractivity contribution >= 4 is 29.9 Å². The molecule has 3 rings (SSSR count). The maximum atomic E-state index is 5.46. The zero-order valence-corrected chi connectivity index (χ0v) is 21.3. The summed E-state index contributed by atoms with van der Waals surface area (Å²) in [6, 6.07) is 20.5. The number of nitrogens with zero attached hydrogens (tertiary/aromatic N) is 2. The van der Waals surface area contributed by atoms with E-state index in [1.54, 1.807) is 20.4 Å². The van der Waals surface area contributed by atoms with Crippen molar-refractivity contribution in [2.75, 3.05) is 27.7 Å². The molecule has 0 atom stereocenters. The first-order valence-electron chi connectivity index (χ1n) is 10.5. The van der Waals surface area contributed by atoms with Crippen molar-refractivity contribution in [1.82, 2.24) is 15.5 Å². The standard InChI is InChI=1S/C25H32N4O2.HI/c1-26-25(27-15-14-20-9-6-7-13-24(20)30-3)28-17-21-10-4-5-11-22(21)18-29(2)19-23-12-8-16-31-23;/h4-13,16H,14-15,17-19H2,1-3H3,(H2,26,27,28);1H. The van der Waals surface area contributed by atoms with E-state index in [1.807, 2.05) is 30.3 Å². The monoisotopic (exact) mass is 548 g/mol. The first kappa shape index (κ1) is 25.7. The number of halogens is 1. The minimum Gasteiger partial charge on any atom is -0.496 e. The van der Waals surface area contributed by atoms with E-state index in [2.05, 4.69) is 57.9 Å². The normalized spacial score (nSPS) is 11.2. The van der Waals surface area contributed by atoms with Crippen LogP contribution in [0, 0.1) is 0 Å². The van der Waals surface area contributed by atoms with Gasteiger partial charge in [-0.15, -0.1) is 24.0 Å². The van der Waals surface area contributed by atoms with Crippen molar-refractivity contribution in [3.8, 4) is 5.75 Å². The summed E-state index contributed by atoms with van der Waals surface area (Å²) in [6.07, 6.45) is 2.58. The van der Waals surface area contributed by atoms with Gasteiger partial charge in [0.1, 0.15) is 11.5 Å². The van der Waals surface area contributed by atoms with Crippen LogP contribution in [0.3, 0.4) is 0 Å². The molecule has 0 spiro atoms. The van der Waals surface area contributed by atoms with Gasteiger partial charge in [0.2, 0.25) is 0 Å². The van der Waals surface area contributed by atoms with Crippen LogP contribution in [-0.4, -0.2) is 38.6 Å². The smallest absolute Gasteiger partial charge is 0.191 e. The molecule has 1 aromatic heterocycles. The van der Waals surface area contributed by atoms with Gasteiger partial charge >= 0.3 is 0 Å². The third-order valence-electron chi connectivity index (χ3n) is 5.11. The van der Waals surface area contributed by atoms with Gasteiger partial charge < -0.3 is 19.8 Å². The molecule has 6 nitrogen and oxygen atoms in total. The fourth-order valence-corrected chi connectivity index (χ4v) is 3.52. The van der Waals surface area contributed by atoms with E-state index in [1.165, 1.54) is 16.7 Å². The lowest BCUT2D eigenvalue weighted by atomic mass is 10.1. The fraction of sp³-hybridized carbons (Fsp3) is 0.320. The quantitative estimate of drug-likeness (QED) is 0.223. The van der Waals surface area contributed by atoms with Gasteiger partial charge in [-0.1, -0.05) is 42.5 Å². The van der Waals surface area contributed by atoms with Crippen molar-refractivity contribution in [2.45, 2.75) is 26.1 Å². The highest BCUT2D eigenvalue weighted by atomic mass is 127. The number of hydrogen-bond donors (Lipinski definition) is 2. The summed E-state index contributed by atoms with van der Waals surface area (Å²) in [5.41, 5.74) is 3.72. The Labute approximate surface area is 208 Å². The molecule has 0 aliphatic heterocycles. The summed E-state index contributed by atoms with van der Waals surface area (Å²) in [6.45, 7) is 3.10. The number of guanidine groups is 1. The third kappa shape index (κ3) is 7.87. The molecule has 0 saturated heterocycles. The number of hydrogen-bond acceptors (Lipinski definition) is 4. The molecule has 2 N–H and O–H groups in total. The Morgan fingerprint density at radius 2 is 1.66 bits per heavy atom. The van der Waals surface area contributed by atoms with Gasteiger partial charge in [-0.05, 0) is 48.4 Å². The summed E-state index contributed by atoms with van der Waals surface area (Å²) < 4.78 is 10.9. The van der Waals surface area contributed by atoms with Crippen LogP contribution in [0.1, 0.15) is 22.5 Å². The summed E-state index contributed by atoms with van der Waals surface area (Å²) in [4.78, 5) is 6.61. The van der Waals surface area contributed by atoms with Crippen LogP contribution >= 0.6 is 24.0 Å². The van der Waals surface area contributed by atoms with E-state index in [0.717, 1.165) is 43.5 Å². The van der Waals surface area contributed by atoms with Gasteiger partial charge in [-0.2, -0.15) is 0 Å². The maximum absolute atomic E-state index is 5.46. The van der Waals surface area contributed by atoms with E-state index in [9.17, 15) is 0 Å². The van der Waals surface area contributed by atoms with Crippen molar-refractivity contribution in [3.63, 3.8) is 0 Å². The average molecular weight is 548 g/mol. The number of furan rings is 1. The maximum Gasteiger partial charge on any atom is 0.191 e. The van der Waals surface area contributed by atoms with Gasteiger partial charge in [0.05, 0.1) is 19.9 Å². The Balaban J connectivity index is 0.00000363. The molecule has 1 heterocycles. The summed E-state index contributed by atoms with van der Waals surface area (Å²) >= 11 is 0. The van der Waals surface area contributed by atoms with Gasteiger partial charge in [-0.3, -0.25) is 9.89 Å². The van der Waals surface area contributed by atoms with Crippen LogP contribution in [0.2, 0.25) is 0 Å². The van der Waals surface area contributed by atoms with E-state index >= 15 is 0 Å². The van der Waals surface area contributed by atoms with E-state index < -0.39 is 0 Å². The lowest BCUT2D eigenvalue weighted by Crippen LogP contribution is -2.38. The van der Waals surface area contributed by atoms with Gasteiger partial charge in [0, 0.05) is 26.7 Å². The fourth-order valence-electron chi connectivity index (χ4n) is 3.52. The number of methoxy groups -OCH3 is 1. The number of benzene rings is 2. The molecule has 0 radical (unpaired) electrons. The Hall–Kier alpha value is -2.52. The van der Waals surface area contributed by atoms with Crippen LogP contribution < -0.4 is 15.4 Å². The highest BCUT2D eigenvalue weighted by molar-refractivity contribution is 14.0. The van der Waals surface area contributed by atoms with Crippen LogP contribution in [-0.2, 0) is 26.1 Å². The lowest BCUT2D eigenvalue weighted by molar-refractivity contribution is 0.287. The topological polar surface area (TPSA) is 62.0 Å². The number of ether oxygens (including phenoxy) is 1. The highest BCUT2D eigenvalue weighted by Gasteiger charge is 2.08. The van der Waals surface area contributed by atoms with Gasteiger partial charge in [0.25, 0.3) is 0 Å². The average Bonchev–Trinajstić information content (AvgIpc) is 3.30. The van der Waals surface area contributed by atoms with Crippen LogP contribution in [0.4, 0.5) is 0 Å². The first-order valence-corrected chi connectivity index (χ1v) is 10.5. The van der Waals surface area contributed by atoms with Crippen molar-refractivity contribution in [2.24, 2.45) is 4.99 Å². The SMILES string of the molecule is CN=C(NCCc1ccccc1OC)NCc1ccccc1CN(C)Cc1ccco1.I. The second kappa shape index (κ2) is 13.8. The molecule has 0 unspecified atom stereocenters. The van der Waals surface area contributed by atoms with E-state index in [4.69, 9.17) is 9.15 Å². The molecule has 172 valence electrons.